The summed E-state index contributed by atoms with van der Waals surface area (Å²) in [6.45, 7) is 4.25. The van der Waals surface area contributed by atoms with E-state index in [2.05, 4.69) is 10.1 Å². The summed E-state index contributed by atoms with van der Waals surface area (Å²) in [4.78, 5) is 3.76. The fourth-order valence-electron chi connectivity index (χ4n) is 2.16. The Bertz CT molecular complexity index is 519. The van der Waals surface area contributed by atoms with Crippen LogP contribution in [-0.2, 0) is 16.6 Å². The molecule has 0 spiro atoms. The molecule has 1 aromatic heterocycles. The summed E-state index contributed by atoms with van der Waals surface area (Å²) in [5, 5.41) is 4.87. The lowest BCUT2D eigenvalue weighted by molar-refractivity contribution is 0.200. The Hall–Kier alpha value is -0.470. The van der Waals surface area contributed by atoms with Crippen LogP contribution in [0.25, 0.3) is 0 Å². The fraction of sp³-hybridized carbons (Fsp3) is 0.667. The molecule has 0 bridgehead atoms. The smallest absolute Gasteiger partial charge is 0.262 e. The summed E-state index contributed by atoms with van der Waals surface area (Å²) in [7, 11) is -1.55. The lowest BCUT2D eigenvalue weighted by atomic mass is 10.2. The minimum atomic E-state index is -3.41. The van der Waals surface area contributed by atoms with E-state index in [-0.39, 0.29) is 0 Å². The van der Waals surface area contributed by atoms with Gasteiger partial charge in [0.1, 0.15) is 4.21 Å². The van der Waals surface area contributed by atoms with Gasteiger partial charge < -0.3 is 5.32 Å². The predicted molar refractivity (Wildman–Crippen MR) is 77.6 cm³/mol. The molecule has 0 unspecified atom stereocenters. The first kappa shape index (κ1) is 14.9. The van der Waals surface area contributed by atoms with Crippen molar-refractivity contribution >= 4 is 21.4 Å². The Kier molecular flexibility index (Phi) is 4.97. The predicted octanol–water partition coefficient (Wildman–Crippen LogP) is 1.46. The molecule has 1 aromatic rings. The van der Waals surface area contributed by atoms with E-state index in [1.807, 2.05) is 19.0 Å². The van der Waals surface area contributed by atoms with Gasteiger partial charge in [-0.3, -0.25) is 0 Å². The minimum Gasteiger partial charge on any atom is -0.315 e. The molecular formula is C12H21N3O2S2. The Morgan fingerprint density at radius 2 is 2.00 bits per heavy atom. The second-order valence-electron chi connectivity index (χ2n) is 4.84. The molecule has 1 saturated heterocycles. The van der Waals surface area contributed by atoms with Crippen molar-refractivity contribution in [2.75, 3.05) is 20.1 Å². The number of sulfonamides is 1. The van der Waals surface area contributed by atoms with Gasteiger partial charge in [-0.15, -0.1) is 16.2 Å². The highest BCUT2D eigenvalue weighted by atomic mass is 32.2. The zero-order valence-corrected chi connectivity index (χ0v) is 13.0. The number of nitrogens with zero attached hydrogens (tertiary/aromatic N) is 1. The normalized spacial score (nSPS) is 17.8. The number of hydrogen-bond donors (Lipinski definition) is 2. The van der Waals surface area contributed by atoms with Gasteiger partial charge in [-0.25, -0.2) is 13.4 Å². The second-order valence-corrected chi connectivity index (χ2v) is 7.87. The highest BCUT2D eigenvalue weighted by Gasteiger charge is 2.22. The quantitative estimate of drug-likeness (QED) is 0.864. The van der Waals surface area contributed by atoms with Crippen LogP contribution in [0.4, 0.5) is 0 Å². The van der Waals surface area contributed by atoms with E-state index in [4.69, 9.17) is 0 Å². The van der Waals surface area contributed by atoms with E-state index >= 15 is 0 Å². The van der Waals surface area contributed by atoms with E-state index in [9.17, 15) is 8.42 Å². The molecule has 2 N–H and O–H groups in total. The molecular weight excluding hydrogens is 282 g/mol. The monoisotopic (exact) mass is 303 g/mol. The molecule has 5 nitrogen and oxygen atoms in total. The van der Waals surface area contributed by atoms with Gasteiger partial charge in [-0.1, -0.05) is 6.42 Å². The summed E-state index contributed by atoms with van der Waals surface area (Å²) < 4.78 is 25.0. The van der Waals surface area contributed by atoms with Crippen molar-refractivity contribution in [2.24, 2.45) is 0 Å². The van der Waals surface area contributed by atoms with Gasteiger partial charge >= 0.3 is 0 Å². The van der Waals surface area contributed by atoms with Crippen LogP contribution < -0.4 is 10.1 Å². The van der Waals surface area contributed by atoms with Crippen molar-refractivity contribution in [3.63, 3.8) is 0 Å². The molecule has 0 aliphatic carbocycles. The molecule has 2 rings (SSSR count). The average Bonchev–Trinajstić information content (AvgIpc) is 2.73. The van der Waals surface area contributed by atoms with Crippen molar-refractivity contribution in [3.05, 3.63) is 16.5 Å². The van der Waals surface area contributed by atoms with Crippen LogP contribution in [0.2, 0.25) is 0 Å². The van der Waals surface area contributed by atoms with Gasteiger partial charge in [-0.2, -0.15) is 0 Å². The number of nitrogens with one attached hydrogen (secondary N) is 2. The van der Waals surface area contributed by atoms with Crippen molar-refractivity contribution in [1.29, 1.82) is 0 Å². The van der Waals surface area contributed by atoms with E-state index < -0.39 is 10.0 Å². The Balaban J connectivity index is 2.12. The Morgan fingerprint density at radius 1 is 1.32 bits per heavy atom. The summed E-state index contributed by atoms with van der Waals surface area (Å²) in [5.41, 5.74) is 1.03. The molecule has 0 aromatic carbocycles. The number of hydrogen-bond acceptors (Lipinski definition) is 5. The number of piperidine rings is 1. The maximum absolute atomic E-state index is 12.3. The van der Waals surface area contributed by atoms with Crippen LogP contribution in [0.5, 0.6) is 0 Å². The molecule has 1 aliphatic heterocycles. The number of hydrazine groups is 1. The fourth-order valence-corrected chi connectivity index (χ4v) is 4.87. The second kappa shape index (κ2) is 6.32. The third kappa shape index (κ3) is 3.76. The topological polar surface area (TPSA) is 61.4 Å². The van der Waals surface area contributed by atoms with Crippen molar-refractivity contribution < 1.29 is 8.42 Å². The van der Waals surface area contributed by atoms with Crippen LogP contribution in [-0.4, -0.2) is 33.6 Å². The number of aryl methyl sites for hydroxylation is 1. The van der Waals surface area contributed by atoms with Gasteiger partial charge in [0.05, 0.1) is 0 Å². The summed E-state index contributed by atoms with van der Waals surface area (Å²) in [6.07, 6.45) is 3.29. The first-order valence-corrected chi connectivity index (χ1v) is 8.84. The first-order chi connectivity index (χ1) is 9.03. The van der Waals surface area contributed by atoms with Crippen LogP contribution in [0.3, 0.4) is 0 Å². The molecule has 7 heteroatoms. The summed E-state index contributed by atoms with van der Waals surface area (Å²) in [5.74, 6) is 0. The number of rotatable bonds is 5. The molecule has 0 radical (unpaired) electrons. The van der Waals surface area contributed by atoms with Crippen molar-refractivity contribution in [1.82, 2.24) is 15.2 Å². The van der Waals surface area contributed by atoms with Crippen LogP contribution in [0.1, 0.15) is 29.7 Å². The highest BCUT2D eigenvalue weighted by Crippen LogP contribution is 2.26. The lowest BCUT2D eigenvalue weighted by Crippen LogP contribution is -2.44. The van der Waals surface area contributed by atoms with Crippen LogP contribution in [0, 0.1) is 6.92 Å². The van der Waals surface area contributed by atoms with E-state index in [0.29, 0.717) is 10.8 Å². The van der Waals surface area contributed by atoms with Crippen molar-refractivity contribution in [2.45, 2.75) is 36.9 Å². The Morgan fingerprint density at radius 3 is 2.63 bits per heavy atom. The zero-order valence-electron chi connectivity index (χ0n) is 11.4. The van der Waals surface area contributed by atoms with Crippen LogP contribution >= 0.6 is 11.3 Å². The standard InChI is InChI=1S/C12H21N3O2S2/c1-10-8-12(18-11(10)9-13-2)19(16,17)14-15-6-4-3-5-7-15/h8,13-14H,3-7,9H2,1-2H3. The average molecular weight is 303 g/mol. The molecule has 0 atom stereocenters. The third-order valence-corrected chi connectivity index (χ3v) is 6.29. The van der Waals surface area contributed by atoms with Gasteiger partial charge in [0, 0.05) is 24.5 Å². The maximum Gasteiger partial charge on any atom is 0.262 e. The van der Waals surface area contributed by atoms with Gasteiger partial charge in [0.2, 0.25) is 0 Å². The van der Waals surface area contributed by atoms with Gasteiger partial charge in [0.25, 0.3) is 10.0 Å². The van der Waals surface area contributed by atoms with Gasteiger partial charge in [0.15, 0.2) is 0 Å². The van der Waals surface area contributed by atoms with E-state index in [1.165, 1.54) is 17.8 Å². The minimum absolute atomic E-state index is 0.404. The zero-order chi connectivity index (χ0) is 13.9. The molecule has 2 heterocycles. The SMILES string of the molecule is CNCc1sc(S(=O)(=O)NN2CCCCC2)cc1C. The summed E-state index contributed by atoms with van der Waals surface area (Å²) >= 11 is 1.34. The van der Waals surface area contributed by atoms with Crippen LogP contribution in [0.15, 0.2) is 10.3 Å². The van der Waals surface area contributed by atoms with Gasteiger partial charge in [-0.05, 0) is 38.4 Å². The third-order valence-electron chi connectivity index (χ3n) is 3.21. The lowest BCUT2D eigenvalue weighted by Gasteiger charge is -2.26. The molecule has 19 heavy (non-hydrogen) atoms. The number of thiophene rings is 1. The molecule has 108 valence electrons. The highest BCUT2D eigenvalue weighted by molar-refractivity contribution is 7.91. The Labute approximate surface area is 119 Å². The molecule has 1 aliphatic rings. The first-order valence-electron chi connectivity index (χ1n) is 6.54. The molecule has 0 amide bonds. The molecule has 0 saturated carbocycles. The summed E-state index contributed by atoms with van der Waals surface area (Å²) in [6, 6.07) is 1.75. The van der Waals surface area contributed by atoms with Crippen molar-refractivity contribution in [3.8, 4) is 0 Å². The molecule has 1 fully saturated rings. The maximum atomic E-state index is 12.3. The van der Waals surface area contributed by atoms with E-state index in [1.54, 1.807) is 6.07 Å². The van der Waals surface area contributed by atoms with E-state index in [0.717, 1.165) is 36.4 Å². The largest absolute Gasteiger partial charge is 0.315 e.